The molecule has 134 valence electrons. The van der Waals surface area contributed by atoms with Gasteiger partial charge in [-0.25, -0.2) is 4.68 Å². The van der Waals surface area contributed by atoms with E-state index in [-0.39, 0.29) is 18.0 Å². The van der Waals surface area contributed by atoms with Crippen LogP contribution in [0.15, 0.2) is 42.5 Å². The van der Waals surface area contributed by atoms with E-state index in [2.05, 4.69) is 21.5 Å². The smallest absolute Gasteiger partial charge is 0.241 e. The molecule has 1 aliphatic heterocycles. The minimum absolute atomic E-state index is 0.0120. The summed E-state index contributed by atoms with van der Waals surface area (Å²) >= 11 is 12.5. The molecule has 2 heterocycles. The van der Waals surface area contributed by atoms with Crippen molar-refractivity contribution >= 4 is 35.1 Å². The quantitative estimate of drug-likeness (QED) is 0.697. The van der Waals surface area contributed by atoms with E-state index in [1.807, 2.05) is 30.3 Å². The molecule has 2 aromatic carbocycles. The molecule has 0 bridgehead atoms. The van der Waals surface area contributed by atoms with Crippen LogP contribution in [0.5, 0.6) is 5.75 Å². The fraction of sp³-hybridized carbons (Fsp3) is 0.222. The van der Waals surface area contributed by atoms with Gasteiger partial charge in [-0.2, -0.15) is 4.98 Å². The summed E-state index contributed by atoms with van der Waals surface area (Å²) in [4.78, 5) is 4.31. The summed E-state index contributed by atoms with van der Waals surface area (Å²) in [5.41, 5.74) is 7.85. The Bertz CT molecular complexity index is 959. The first-order valence-corrected chi connectivity index (χ1v) is 8.88. The molecule has 0 saturated carbocycles. The number of nitrogen functional groups attached to an aromatic ring is 1. The maximum absolute atomic E-state index is 6.46. The van der Waals surface area contributed by atoms with Crippen molar-refractivity contribution in [2.75, 3.05) is 18.2 Å². The Kier molecular flexibility index (Phi) is 4.38. The molecule has 0 fully saturated rings. The molecule has 0 amide bonds. The lowest BCUT2D eigenvalue weighted by molar-refractivity contribution is 0.410. The zero-order valence-electron chi connectivity index (χ0n) is 14.0. The molecule has 1 aromatic heterocycles. The average Bonchev–Trinajstić information content (AvgIpc) is 3.01. The Morgan fingerprint density at radius 3 is 2.85 bits per heavy atom. The third kappa shape index (κ3) is 3.06. The van der Waals surface area contributed by atoms with Gasteiger partial charge in [0.2, 0.25) is 11.9 Å². The molecular formula is C18H17Cl2N5O. The van der Waals surface area contributed by atoms with Crippen LogP contribution in [0.4, 0.5) is 11.9 Å². The van der Waals surface area contributed by atoms with E-state index in [4.69, 9.17) is 33.7 Å². The van der Waals surface area contributed by atoms with Crippen LogP contribution in [-0.4, -0.2) is 21.9 Å². The van der Waals surface area contributed by atoms with Gasteiger partial charge < -0.3 is 15.8 Å². The molecule has 0 unspecified atom stereocenters. The molecule has 8 heteroatoms. The molecule has 0 spiro atoms. The highest BCUT2D eigenvalue weighted by molar-refractivity contribution is 6.35. The van der Waals surface area contributed by atoms with Gasteiger partial charge in [0.1, 0.15) is 5.75 Å². The van der Waals surface area contributed by atoms with Gasteiger partial charge in [0.25, 0.3) is 0 Å². The fourth-order valence-electron chi connectivity index (χ4n) is 3.30. The van der Waals surface area contributed by atoms with Crippen molar-refractivity contribution in [3.63, 3.8) is 0 Å². The molecule has 2 atom stereocenters. The molecule has 6 nitrogen and oxygen atoms in total. The van der Waals surface area contributed by atoms with Crippen LogP contribution in [-0.2, 0) is 0 Å². The van der Waals surface area contributed by atoms with Crippen molar-refractivity contribution in [1.29, 1.82) is 0 Å². The fourth-order valence-corrected chi connectivity index (χ4v) is 3.84. The van der Waals surface area contributed by atoms with Crippen LogP contribution < -0.4 is 15.8 Å². The first-order valence-electron chi connectivity index (χ1n) is 8.12. The van der Waals surface area contributed by atoms with Crippen LogP contribution in [0.25, 0.3) is 0 Å². The third-order valence-corrected chi connectivity index (χ3v) is 5.09. The van der Waals surface area contributed by atoms with Gasteiger partial charge in [-0.15, -0.1) is 5.10 Å². The van der Waals surface area contributed by atoms with Gasteiger partial charge in [-0.1, -0.05) is 41.4 Å². The number of nitrogens with one attached hydrogen (secondary N) is 1. The maximum atomic E-state index is 6.46. The Labute approximate surface area is 160 Å². The number of methoxy groups -OCH3 is 1. The van der Waals surface area contributed by atoms with Crippen LogP contribution in [0.1, 0.15) is 29.6 Å². The van der Waals surface area contributed by atoms with E-state index in [1.54, 1.807) is 17.9 Å². The van der Waals surface area contributed by atoms with E-state index >= 15 is 0 Å². The number of hydrogen-bond donors (Lipinski definition) is 2. The number of halogens is 2. The van der Waals surface area contributed by atoms with Crippen LogP contribution >= 0.6 is 23.2 Å². The number of fused-ring (bicyclic) bond motifs is 1. The number of aromatic nitrogens is 3. The number of ether oxygens (including phenoxy) is 1. The van der Waals surface area contributed by atoms with Crippen molar-refractivity contribution in [3.8, 4) is 5.75 Å². The molecule has 26 heavy (non-hydrogen) atoms. The largest absolute Gasteiger partial charge is 0.497 e. The first kappa shape index (κ1) is 17.0. The Morgan fingerprint density at radius 1 is 1.23 bits per heavy atom. The van der Waals surface area contributed by atoms with E-state index in [1.165, 1.54) is 0 Å². The normalized spacial score (nSPS) is 18.9. The second-order valence-corrected chi connectivity index (χ2v) is 6.97. The summed E-state index contributed by atoms with van der Waals surface area (Å²) in [7, 11) is 1.65. The third-order valence-electron chi connectivity index (χ3n) is 4.52. The van der Waals surface area contributed by atoms with Crippen molar-refractivity contribution in [2.45, 2.75) is 18.5 Å². The molecule has 0 saturated heterocycles. The molecule has 1 aliphatic rings. The lowest BCUT2D eigenvalue weighted by atomic mass is 9.93. The molecule has 4 rings (SSSR count). The maximum Gasteiger partial charge on any atom is 0.241 e. The van der Waals surface area contributed by atoms with E-state index in [0.29, 0.717) is 16.0 Å². The van der Waals surface area contributed by atoms with Crippen LogP contribution in [0.2, 0.25) is 10.0 Å². The summed E-state index contributed by atoms with van der Waals surface area (Å²) in [6.07, 6.45) is 0.727. The molecule has 0 radical (unpaired) electrons. The first-order chi connectivity index (χ1) is 12.5. The van der Waals surface area contributed by atoms with E-state index in [0.717, 1.165) is 23.3 Å². The second kappa shape index (κ2) is 6.70. The predicted molar refractivity (Wildman–Crippen MR) is 103 cm³/mol. The Hall–Kier alpha value is -2.44. The van der Waals surface area contributed by atoms with Gasteiger partial charge in [-0.05, 0) is 41.8 Å². The lowest BCUT2D eigenvalue weighted by Crippen LogP contribution is -2.28. The highest BCUT2D eigenvalue weighted by atomic mass is 35.5. The standard InChI is InChI=1S/C18H17Cl2N5O/c1-26-12-4-2-3-10(7-12)15-9-16(13-6-5-11(19)8-14(13)20)25-18(22-15)23-17(21)24-25/h2-8,15-16H,9H2,1H3,(H3,21,22,23,24)/t15-,16+/m0/s1. The zero-order valence-corrected chi connectivity index (χ0v) is 15.5. The SMILES string of the molecule is COc1cccc([C@@H]2C[C@H](c3ccc(Cl)cc3Cl)n3nc(N)nc3N2)c1. The number of nitrogens with two attached hydrogens (primary N) is 1. The van der Waals surface area contributed by atoms with Crippen molar-refractivity contribution < 1.29 is 4.74 Å². The molecule has 0 aliphatic carbocycles. The molecular weight excluding hydrogens is 373 g/mol. The Balaban J connectivity index is 1.77. The number of anilines is 2. The zero-order chi connectivity index (χ0) is 18.3. The number of nitrogens with zero attached hydrogens (tertiary/aromatic N) is 3. The van der Waals surface area contributed by atoms with E-state index in [9.17, 15) is 0 Å². The van der Waals surface area contributed by atoms with Gasteiger partial charge in [0.05, 0.1) is 19.2 Å². The van der Waals surface area contributed by atoms with Gasteiger partial charge in [0, 0.05) is 10.0 Å². The number of rotatable bonds is 3. The average molecular weight is 390 g/mol. The highest BCUT2D eigenvalue weighted by Gasteiger charge is 2.32. The van der Waals surface area contributed by atoms with Gasteiger partial charge >= 0.3 is 0 Å². The highest BCUT2D eigenvalue weighted by Crippen LogP contribution is 2.41. The van der Waals surface area contributed by atoms with Crippen LogP contribution in [0, 0.1) is 0 Å². The van der Waals surface area contributed by atoms with Crippen molar-refractivity contribution in [3.05, 3.63) is 63.6 Å². The topological polar surface area (TPSA) is 78.0 Å². The van der Waals surface area contributed by atoms with E-state index < -0.39 is 0 Å². The van der Waals surface area contributed by atoms with Gasteiger partial charge in [0.15, 0.2) is 0 Å². The summed E-state index contributed by atoms with van der Waals surface area (Å²) in [5, 5.41) is 8.92. The summed E-state index contributed by atoms with van der Waals surface area (Å²) in [6.45, 7) is 0. The monoisotopic (exact) mass is 389 g/mol. The second-order valence-electron chi connectivity index (χ2n) is 6.13. The lowest BCUT2D eigenvalue weighted by Gasteiger charge is -2.32. The summed E-state index contributed by atoms with van der Waals surface area (Å²) in [6, 6.07) is 13.3. The minimum Gasteiger partial charge on any atom is -0.497 e. The Morgan fingerprint density at radius 2 is 2.08 bits per heavy atom. The van der Waals surface area contributed by atoms with Crippen LogP contribution in [0.3, 0.4) is 0 Å². The van der Waals surface area contributed by atoms with Gasteiger partial charge in [-0.3, -0.25) is 0 Å². The summed E-state index contributed by atoms with van der Waals surface area (Å²) < 4.78 is 7.13. The van der Waals surface area contributed by atoms with Crippen molar-refractivity contribution in [1.82, 2.24) is 14.8 Å². The molecule has 3 N–H and O–H groups in total. The minimum atomic E-state index is -0.114. The summed E-state index contributed by atoms with van der Waals surface area (Å²) in [5.74, 6) is 1.63. The number of hydrogen-bond acceptors (Lipinski definition) is 5. The van der Waals surface area contributed by atoms with Crippen molar-refractivity contribution in [2.24, 2.45) is 0 Å². The predicted octanol–water partition coefficient (Wildman–Crippen LogP) is 4.32. The molecule has 3 aromatic rings. The number of benzene rings is 2.